The van der Waals surface area contributed by atoms with Crippen LogP contribution < -0.4 is 5.32 Å². The number of hydrogen-bond acceptors (Lipinski definition) is 3. The number of amides is 3. The minimum atomic E-state index is -0.975. The Morgan fingerprint density at radius 1 is 1.24 bits per heavy atom. The van der Waals surface area contributed by atoms with E-state index in [1.165, 1.54) is 4.90 Å². The molecule has 1 rings (SSSR count). The van der Waals surface area contributed by atoms with Gasteiger partial charge in [-0.1, -0.05) is 0 Å². The van der Waals surface area contributed by atoms with Gasteiger partial charge < -0.3 is 20.2 Å². The molecule has 0 aliphatic carbocycles. The fourth-order valence-corrected chi connectivity index (χ4v) is 2.14. The van der Waals surface area contributed by atoms with E-state index in [2.05, 4.69) is 5.32 Å². The highest BCUT2D eigenvalue weighted by molar-refractivity contribution is 5.81. The summed E-state index contributed by atoms with van der Waals surface area (Å²) < 4.78 is 0. The summed E-state index contributed by atoms with van der Waals surface area (Å²) in [5, 5.41) is 11.7. The molecule has 0 unspecified atom stereocenters. The molecule has 0 bridgehead atoms. The number of carboxylic acids is 1. The summed E-state index contributed by atoms with van der Waals surface area (Å²) in [6, 6.07) is -0.0409. The number of likely N-dealkylation sites (tertiary alicyclic amines) is 1. The molecule has 7 heteroatoms. The van der Waals surface area contributed by atoms with E-state index in [1.807, 2.05) is 0 Å². The Morgan fingerprint density at radius 2 is 1.76 bits per heavy atom. The lowest BCUT2D eigenvalue weighted by Crippen LogP contribution is -2.47. The lowest BCUT2D eigenvalue weighted by molar-refractivity contribution is -0.147. The molecule has 1 aliphatic heterocycles. The van der Waals surface area contributed by atoms with Crippen LogP contribution in [0.15, 0.2) is 0 Å². The van der Waals surface area contributed by atoms with Gasteiger partial charge in [0.05, 0.1) is 5.41 Å². The first-order valence-electron chi connectivity index (χ1n) is 7.12. The number of carboxylic acid groups (broad SMARTS) is 1. The molecule has 1 heterocycles. The minimum Gasteiger partial charge on any atom is -0.481 e. The number of nitrogens with one attached hydrogen (secondary N) is 1. The van der Waals surface area contributed by atoms with Crippen molar-refractivity contribution < 1.29 is 19.5 Å². The molecular weight excluding hydrogens is 274 g/mol. The van der Waals surface area contributed by atoms with Crippen molar-refractivity contribution in [3.63, 3.8) is 0 Å². The van der Waals surface area contributed by atoms with Crippen LogP contribution in [0.1, 0.15) is 26.7 Å². The van der Waals surface area contributed by atoms with E-state index in [0.29, 0.717) is 25.9 Å². The summed E-state index contributed by atoms with van der Waals surface area (Å²) in [6.07, 6.45) is 1.22. The van der Waals surface area contributed by atoms with Crippen LogP contribution in [0.25, 0.3) is 0 Å². The maximum Gasteiger partial charge on any atom is 0.319 e. The minimum absolute atomic E-state index is 0.0409. The lowest BCUT2D eigenvalue weighted by Gasteiger charge is -2.33. The van der Waals surface area contributed by atoms with Gasteiger partial charge in [0.25, 0.3) is 0 Å². The first-order valence-corrected chi connectivity index (χ1v) is 7.12. The third-order valence-corrected chi connectivity index (χ3v) is 3.80. The van der Waals surface area contributed by atoms with Crippen molar-refractivity contribution in [3.8, 4) is 0 Å². The number of hydrogen-bond donors (Lipinski definition) is 2. The van der Waals surface area contributed by atoms with Gasteiger partial charge in [-0.15, -0.1) is 0 Å². The van der Waals surface area contributed by atoms with E-state index in [-0.39, 0.29) is 24.4 Å². The van der Waals surface area contributed by atoms with Crippen LogP contribution in [-0.4, -0.2) is 66.5 Å². The van der Waals surface area contributed by atoms with Gasteiger partial charge in [0, 0.05) is 39.6 Å². The molecule has 0 saturated carbocycles. The third kappa shape index (κ3) is 4.61. The van der Waals surface area contributed by atoms with Crippen molar-refractivity contribution in [2.24, 2.45) is 11.3 Å². The monoisotopic (exact) mass is 299 g/mol. The second-order valence-corrected chi connectivity index (χ2v) is 6.35. The van der Waals surface area contributed by atoms with Crippen molar-refractivity contribution in [2.45, 2.75) is 26.7 Å². The third-order valence-electron chi connectivity index (χ3n) is 3.80. The van der Waals surface area contributed by atoms with E-state index in [4.69, 9.17) is 5.11 Å². The first-order chi connectivity index (χ1) is 9.65. The largest absolute Gasteiger partial charge is 0.481 e. The standard InChI is InChI=1S/C14H25N3O4/c1-14(2,12(19)20)9-15-11(18)10-5-7-17(8-6-10)13(21)16(3)4/h10H,5-9H2,1-4H3,(H,15,18)(H,19,20). The number of rotatable bonds is 4. The number of carbonyl (C=O) groups is 3. The normalized spacial score (nSPS) is 16.5. The number of nitrogens with zero attached hydrogens (tertiary/aromatic N) is 2. The summed E-state index contributed by atoms with van der Waals surface area (Å²) in [6.45, 7) is 4.37. The molecule has 1 aliphatic rings. The Hall–Kier alpha value is -1.79. The second kappa shape index (κ2) is 6.78. The van der Waals surface area contributed by atoms with Gasteiger partial charge in [0.15, 0.2) is 0 Å². The first kappa shape index (κ1) is 17.3. The Balaban J connectivity index is 2.42. The average Bonchev–Trinajstić information content (AvgIpc) is 2.44. The summed E-state index contributed by atoms with van der Waals surface area (Å²) in [5.41, 5.74) is -0.975. The maximum absolute atomic E-state index is 12.1. The summed E-state index contributed by atoms with van der Waals surface area (Å²) in [4.78, 5) is 38.1. The summed E-state index contributed by atoms with van der Waals surface area (Å²) in [7, 11) is 3.41. The van der Waals surface area contributed by atoms with Crippen LogP contribution >= 0.6 is 0 Å². The summed E-state index contributed by atoms with van der Waals surface area (Å²) >= 11 is 0. The molecule has 7 nitrogen and oxygen atoms in total. The number of carbonyl (C=O) groups excluding carboxylic acids is 2. The number of piperidine rings is 1. The fourth-order valence-electron chi connectivity index (χ4n) is 2.14. The van der Waals surface area contributed by atoms with Gasteiger partial charge in [-0.05, 0) is 26.7 Å². The van der Waals surface area contributed by atoms with Gasteiger partial charge in [-0.2, -0.15) is 0 Å². The second-order valence-electron chi connectivity index (χ2n) is 6.35. The molecule has 3 amide bonds. The maximum atomic E-state index is 12.1. The van der Waals surface area contributed by atoms with Gasteiger partial charge in [0.1, 0.15) is 0 Å². The highest BCUT2D eigenvalue weighted by atomic mass is 16.4. The molecule has 1 saturated heterocycles. The zero-order chi connectivity index (χ0) is 16.2. The molecule has 0 atom stereocenters. The average molecular weight is 299 g/mol. The number of urea groups is 1. The van der Waals surface area contributed by atoms with Crippen LogP contribution in [0.3, 0.4) is 0 Å². The predicted octanol–water partition coefficient (Wildman–Crippen LogP) is 0.607. The van der Waals surface area contributed by atoms with Crippen LogP contribution in [0.5, 0.6) is 0 Å². The molecule has 0 spiro atoms. The highest BCUT2D eigenvalue weighted by Crippen LogP contribution is 2.19. The molecule has 2 N–H and O–H groups in total. The van der Waals surface area contributed by atoms with Gasteiger partial charge in [-0.3, -0.25) is 9.59 Å². The number of aliphatic carboxylic acids is 1. The van der Waals surface area contributed by atoms with Gasteiger partial charge in [-0.25, -0.2) is 4.79 Å². The Kier molecular flexibility index (Phi) is 5.57. The lowest BCUT2D eigenvalue weighted by atomic mass is 9.92. The Morgan fingerprint density at radius 3 is 2.19 bits per heavy atom. The van der Waals surface area contributed by atoms with Crippen molar-refractivity contribution in [3.05, 3.63) is 0 Å². The van der Waals surface area contributed by atoms with Crippen molar-refractivity contribution >= 4 is 17.9 Å². The highest BCUT2D eigenvalue weighted by Gasteiger charge is 2.31. The molecule has 0 aromatic carbocycles. The van der Waals surface area contributed by atoms with E-state index in [1.54, 1.807) is 32.8 Å². The van der Waals surface area contributed by atoms with Crippen LogP contribution in [-0.2, 0) is 9.59 Å². The van der Waals surface area contributed by atoms with Crippen LogP contribution in [0, 0.1) is 11.3 Å². The molecule has 0 aromatic heterocycles. The Bertz CT molecular complexity index is 412. The quantitative estimate of drug-likeness (QED) is 0.795. The van der Waals surface area contributed by atoms with Crippen LogP contribution in [0.4, 0.5) is 4.79 Å². The van der Waals surface area contributed by atoms with Crippen molar-refractivity contribution in [1.29, 1.82) is 0 Å². The topological polar surface area (TPSA) is 90.0 Å². The van der Waals surface area contributed by atoms with Crippen LogP contribution in [0.2, 0.25) is 0 Å². The van der Waals surface area contributed by atoms with E-state index >= 15 is 0 Å². The molecule has 1 fully saturated rings. The molecule has 0 radical (unpaired) electrons. The van der Waals surface area contributed by atoms with E-state index in [9.17, 15) is 14.4 Å². The van der Waals surface area contributed by atoms with Gasteiger partial charge >= 0.3 is 12.0 Å². The Labute approximate surface area is 125 Å². The molecule has 0 aromatic rings. The van der Waals surface area contributed by atoms with Crippen molar-refractivity contribution in [1.82, 2.24) is 15.1 Å². The predicted molar refractivity (Wildman–Crippen MR) is 77.8 cm³/mol. The van der Waals surface area contributed by atoms with E-state index < -0.39 is 11.4 Å². The smallest absolute Gasteiger partial charge is 0.319 e. The fraction of sp³-hybridized carbons (Fsp3) is 0.786. The molecular formula is C14H25N3O4. The molecule has 120 valence electrons. The SMILES string of the molecule is CN(C)C(=O)N1CCC(C(=O)NCC(C)(C)C(=O)O)CC1. The molecule has 21 heavy (non-hydrogen) atoms. The zero-order valence-corrected chi connectivity index (χ0v) is 13.2. The summed E-state index contributed by atoms with van der Waals surface area (Å²) in [5.74, 6) is -1.21. The van der Waals surface area contributed by atoms with Crippen molar-refractivity contribution in [2.75, 3.05) is 33.7 Å². The zero-order valence-electron chi connectivity index (χ0n) is 13.2. The van der Waals surface area contributed by atoms with E-state index in [0.717, 1.165) is 0 Å². The van der Waals surface area contributed by atoms with Gasteiger partial charge in [0.2, 0.25) is 5.91 Å².